The summed E-state index contributed by atoms with van der Waals surface area (Å²) in [6.45, 7) is 1.47. The lowest BCUT2D eigenvalue weighted by Crippen LogP contribution is -2.11. The van der Waals surface area contributed by atoms with Gasteiger partial charge in [-0.05, 0) is 43.0 Å². The molecule has 0 aliphatic heterocycles. The van der Waals surface area contributed by atoms with Crippen molar-refractivity contribution in [1.82, 2.24) is 29.1 Å². The molecule has 0 N–H and O–H groups in total. The van der Waals surface area contributed by atoms with Gasteiger partial charge in [0.25, 0.3) is 0 Å². The van der Waals surface area contributed by atoms with Crippen molar-refractivity contribution in [3.63, 3.8) is 0 Å². The van der Waals surface area contributed by atoms with E-state index in [0.29, 0.717) is 24.0 Å². The molecule has 0 atom stereocenters. The van der Waals surface area contributed by atoms with Gasteiger partial charge in [0.15, 0.2) is 11.5 Å². The van der Waals surface area contributed by atoms with E-state index in [1.54, 1.807) is 24.5 Å². The number of hydrogen-bond donors (Lipinski definition) is 0. The van der Waals surface area contributed by atoms with Gasteiger partial charge in [0.05, 0.1) is 6.54 Å². The zero-order chi connectivity index (χ0) is 17.5. The van der Waals surface area contributed by atoms with Gasteiger partial charge in [-0.3, -0.25) is 0 Å². The van der Waals surface area contributed by atoms with Crippen LogP contribution in [0.4, 0.5) is 4.39 Å². The van der Waals surface area contributed by atoms with E-state index in [0.717, 1.165) is 23.5 Å². The average molecular weight is 348 g/mol. The van der Waals surface area contributed by atoms with Crippen LogP contribution in [-0.2, 0) is 13.1 Å². The molecule has 0 bridgehead atoms. The molecule has 0 spiro atoms. The molecule has 1 saturated carbocycles. The van der Waals surface area contributed by atoms with Crippen molar-refractivity contribution >= 4 is 11.2 Å². The van der Waals surface area contributed by atoms with E-state index in [1.165, 1.54) is 18.9 Å². The topological polar surface area (TPSA) is 61.4 Å². The number of fused-ring (bicyclic) bond motifs is 1. The minimum atomic E-state index is -0.512. The molecule has 0 saturated heterocycles. The average Bonchev–Trinajstić information content (AvgIpc) is 3.24. The number of hydrogen-bond acceptors (Lipinski definition) is 4. The number of rotatable bonds is 5. The van der Waals surface area contributed by atoms with Crippen LogP contribution >= 0.6 is 0 Å². The van der Waals surface area contributed by atoms with E-state index in [9.17, 15) is 4.39 Å². The maximum atomic E-state index is 13.5. The first-order valence-electron chi connectivity index (χ1n) is 8.72. The van der Waals surface area contributed by atoms with Crippen LogP contribution in [0.3, 0.4) is 0 Å². The van der Waals surface area contributed by atoms with Crippen LogP contribution in [-0.4, -0.2) is 29.1 Å². The van der Waals surface area contributed by atoms with Crippen molar-refractivity contribution in [2.24, 2.45) is 5.92 Å². The van der Waals surface area contributed by atoms with E-state index < -0.39 is 5.95 Å². The molecule has 0 aromatic carbocycles. The second kappa shape index (κ2) is 6.01. The van der Waals surface area contributed by atoms with Gasteiger partial charge in [0.2, 0.25) is 5.95 Å². The van der Waals surface area contributed by atoms with E-state index in [4.69, 9.17) is 4.98 Å². The highest BCUT2D eigenvalue weighted by Gasteiger charge is 2.25. The Balaban J connectivity index is 1.55. The van der Waals surface area contributed by atoms with Gasteiger partial charge in [-0.15, -0.1) is 0 Å². The summed E-state index contributed by atoms with van der Waals surface area (Å²) in [7, 11) is 0. The zero-order valence-corrected chi connectivity index (χ0v) is 14.1. The summed E-state index contributed by atoms with van der Waals surface area (Å²) in [5, 5.41) is 0. The first kappa shape index (κ1) is 15.2. The van der Waals surface area contributed by atoms with E-state index in [1.807, 2.05) is 22.9 Å². The third kappa shape index (κ3) is 2.75. The van der Waals surface area contributed by atoms with Gasteiger partial charge in [-0.1, -0.05) is 6.07 Å². The van der Waals surface area contributed by atoms with Crippen molar-refractivity contribution in [2.45, 2.75) is 25.9 Å². The molecular formula is C19H17FN6. The Hall–Kier alpha value is -3.09. The van der Waals surface area contributed by atoms with Crippen molar-refractivity contribution in [3.8, 4) is 11.5 Å². The first-order chi connectivity index (χ1) is 12.8. The van der Waals surface area contributed by atoms with Crippen LogP contribution in [0.2, 0.25) is 0 Å². The summed E-state index contributed by atoms with van der Waals surface area (Å²) in [5.41, 5.74) is 2.33. The molecule has 130 valence electrons. The van der Waals surface area contributed by atoms with E-state index in [2.05, 4.69) is 19.5 Å². The van der Waals surface area contributed by atoms with Crippen LogP contribution in [0.1, 0.15) is 18.7 Å². The van der Waals surface area contributed by atoms with E-state index in [-0.39, 0.29) is 0 Å². The number of pyridine rings is 2. The summed E-state index contributed by atoms with van der Waals surface area (Å²) in [6, 6.07) is 8.62. The summed E-state index contributed by atoms with van der Waals surface area (Å²) in [6.07, 6.45) is 7.89. The lowest BCUT2D eigenvalue weighted by atomic mass is 10.3. The van der Waals surface area contributed by atoms with Crippen molar-refractivity contribution in [2.75, 3.05) is 0 Å². The minimum Gasteiger partial charge on any atom is -0.322 e. The van der Waals surface area contributed by atoms with Gasteiger partial charge >= 0.3 is 0 Å². The molecule has 1 fully saturated rings. The van der Waals surface area contributed by atoms with Crippen LogP contribution in [0, 0.1) is 11.9 Å². The van der Waals surface area contributed by atoms with Crippen LogP contribution in [0.25, 0.3) is 22.7 Å². The molecule has 4 heterocycles. The SMILES string of the molecule is Fc1cccc(-c2nccn2Cc2nc3cccnc3n2CC2CC2)n1. The Morgan fingerprint density at radius 1 is 1.04 bits per heavy atom. The lowest BCUT2D eigenvalue weighted by molar-refractivity contribution is 0.581. The smallest absolute Gasteiger partial charge is 0.213 e. The third-order valence-corrected chi connectivity index (χ3v) is 4.69. The fourth-order valence-electron chi connectivity index (χ4n) is 3.23. The molecular weight excluding hydrogens is 331 g/mol. The summed E-state index contributed by atoms with van der Waals surface area (Å²) in [5.74, 6) is 1.76. The molecule has 5 rings (SSSR count). The number of halogens is 1. The number of nitrogens with zero attached hydrogens (tertiary/aromatic N) is 6. The van der Waals surface area contributed by atoms with Gasteiger partial charge in [0.1, 0.15) is 17.0 Å². The van der Waals surface area contributed by atoms with Crippen LogP contribution in [0.5, 0.6) is 0 Å². The number of imidazole rings is 2. The van der Waals surface area contributed by atoms with Crippen LogP contribution in [0.15, 0.2) is 48.9 Å². The van der Waals surface area contributed by atoms with Crippen molar-refractivity contribution in [1.29, 1.82) is 0 Å². The standard InChI is InChI=1S/C19H17FN6/c20-16-5-1-3-14(23-16)18-22-9-10-25(18)12-17-24-15-4-2-8-21-19(15)26(17)11-13-6-7-13/h1-5,8-10,13H,6-7,11-12H2. The molecule has 4 aromatic heterocycles. The minimum absolute atomic E-state index is 0.512. The fourth-order valence-corrected chi connectivity index (χ4v) is 3.23. The Morgan fingerprint density at radius 2 is 1.96 bits per heavy atom. The van der Waals surface area contributed by atoms with Gasteiger partial charge < -0.3 is 9.13 Å². The van der Waals surface area contributed by atoms with Gasteiger partial charge in [0, 0.05) is 25.1 Å². The zero-order valence-electron chi connectivity index (χ0n) is 14.1. The predicted molar refractivity (Wildman–Crippen MR) is 94.8 cm³/mol. The summed E-state index contributed by atoms with van der Waals surface area (Å²) in [4.78, 5) is 17.6. The normalized spacial score (nSPS) is 14.2. The van der Waals surface area contributed by atoms with E-state index >= 15 is 0 Å². The lowest BCUT2D eigenvalue weighted by Gasteiger charge is -2.10. The molecule has 0 unspecified atom stereocenters. The van der Waals surface area contributed by atoms with Crippen molar-refractivity contribution < 1.29 is 4.39 Å². The Morgan fingerprint density at radius 3 is 2.81 bits per heavy atom. The quantitative estimate of drug-likeness (QED) is 0.519. The second-order valence-corrected chi connectivity index (χ2v) is 6.65. The first-order valence-corrected chi connectivity index (χ1v) is 8.72. The maximum Gasteiger partial charge on any atom is 0.213 e. The third-order valence-electron chi connectivity index (χ3n) is 4.69. The highest BCUT2D eigenvalue weighted by Crippen LogP contribution is 2.32. The number of aromatic nitrogens is 6. The molecule has 4 aromatic rings. The van der Waals surface area contributed by atoms with Crippen molar-refractivity contribution in [3.05, 3.63) is 60.7 Å². The Labute approximate surface area is 149 Å². The van der Waals surface area contributed by atoms with Crippen LogP contribution < -0.4 is 0 Å². The summed E-state index contributed by atoms with van der Waals surface area (Å²) >= 11 is 0. The monoisotopic (exact) mass is 348 g/mol. The molecule has 1 aliphatic rings. The van der Waals surface area contributed by atoms with Gasteiger partial charge in [-0.25, -0.2) is 19.9 Å². The largest absolute Gasteiger partial charge is 0.322 e. The predicted octanol–water partition coefficient (Wildman–Crippen LogP) is 3.29. The molecule has 0 radical (unpaired) electrons. The molecule has 1 aliphatic carbocycles. The summed E-state index contributed by atoms with van der Waals surface area (Å²) < 4.78 is 17.7. The Bertz CT molecular complexity index is 1080. The maximum absolute atomic E-state index is 13.5. The highest BCUT2D eigenvalue weighted by atomic mass is 19.1. The molecule has 7 heteroatoms. The van der Waals surface area contributed by atoms with Gasteiger partial charge in [-0.2, -0.15) is 4.39 Å². The highest BCUT2D eigenvalue weighted by molar-refractivity contribution is 5.71. The second-order valence-electron chi connectivity index (χ2n) is 6.65. The molecule has 6 nitrogen and oxygen atoms in total. The fraction of sp³-hybridized carbons (Fsp3) is 0.263. The molecule has 26 heavy (non-hydrogen) atoms. The Kier molecular flexibility index (Phi) is 3.51. The molecule has 0 amide bonds.